The number of urea groups is 1. The molecule has 3 amide bonds. The molecule has 2 aliphatic rings. The van der Waals surface area contributed by atoms with E-state index >= 15 is 0 Å². The summed E-state index contributed by atoms with van der Waals surface area (Å²) in [4.78, 5) is 31.6. The first-order valence-corrected chi connectivity index (χ1v) is 9.39. The van der Waals surface area contributed by atoms with Gasteiger partial charge in [-0.2, -0.15) is 0 Å². The molecule has 1 aliphatic carbocycles. The summed E-state index contributed by atoms with van der Waals surface area (Å²) in [7, 11) is 0. The molecule has 1 fully saturated rings. The van der Waals surface area contributed by atoms with Crippen LogP contribution in [0, 0.1) is 5.92 Å². The van der Waals surface area contributed by atoms with E-state index < -0.39 is 0 Å². The minimum atomic E-state index is -0.148. The maximum Gasteiger partial charge on any atom is 0.322 e. The second kappa shape index (κ2) is 6.65. The van der Waals surface area contributed by atoms with Gasteiger partial charge in [-0.25, -0.2) is 9.78 Å². The molecule has 0 atom stereocenters. The number of nitrogens with one attached hydrogen (secondary N) is 2. The topological polar surface area (TPSA) is 74.3 Å². The Morgan fingerprint density at radius 3 is 2.68 bits per heavy atom. The predicted molar refractivity (Wildman–Crippen MR) is 98.1 cm³/mol. The van der Waals surface area contributed by atoms with Crippen LogP contribution in [0.15, 0.2) is 24.3 Å². The molecule has 0 saturated heterocycles. The Kier molecular flexibility index (Phi) is 4.35. The summed E-state index contributed by atoms with van der Waals surface area (Å²) in [5.74, 6) is 0.214. The van der Waals surface area contributed by atoms with Crippen molar-refractivity contribution >= 4 is 45.7 Å². The van der Waals surface area contributed by atoms with E-state index in [0.29, 0.717) is 35.4 Å². The van der Waals surface area contributed by atoms with E-state index in [0.717, 1.165) is 23.4 Å². The number of carbonyl (C=O) groups is 2. The van der Waals surface area contributed by atoms with Gasteiger partial charge in [0.25, 0.3) is 0 Å². The van der Waals surface area contributed by atoms with Crippen molar-refractivity contribution in [2.45, 2.75) is 25.8 Å². The molecular formula is C17H17ClN4O2S. The molecule has 1 aromatic carbocycles. The number of aromatic nitrogens is 1. The van der Waals surface area contributed by atoms with Crippen LogP contribution in [0.25, 0.3) is 0 Å². The molecule has 0 bridgehead atoms. The summed E-state index contributed by atoms with van der Waals surface area (Å²) in [6.07, 6.45) is 2.63. The molecule has 0 radical (unpaired) electrons. The van der Waals surface area contributed by atoms with E-state index in [-0.39, 0.29) is 17.9 Å². The highest BCUT2D eigenvalue weighted by molar-refractivity contribution is 7.15. The predicted octanol–water partition coefficient (Wildman–Crippen LogP) is 3.74. The molecule has 2 aromatic rings. The molecule has 2 N–H and O–H groups in total. The molecule has 4 rings (SSSR count). The Morgan fingerprint density at radius 1 is 1.20 bits per heavy atom. The van der Waals surface area contributed by atoms with Crippen LogP contribution in [0.3, 0.4) is 0 Å². The average Bonchev–Trinajstić information content (AvgIpc) is 3.37. The Balaban J connectivity index is 1.39. The van der Waals surface area contributed by atoms with Gasteiger partial charge in [0, 0.05) is 34.5 Å². The number of hydrogen-bond acceptors (Lipinski definition) is 4. The van der Waals surface area contributed by atoms with Crippen molar-refractivity contribution in [1.82, 2.24) is 9.88 Å². The van der Waals surface area contributed by atoms with Crippen LogP contribution in [0.5, 0.6) is 0 Å². The third-order valence-corrected chi connectivity index (χ3v) is 5.54. The number of fused-ring (bicyclic) bond motifs is 1. The fourth-order valence-electron chi connectivity index (χ4n) is 2.71. The van der Waals surface area contributed by atoms with Gasteiger partial charge in [-0.1, -0.05) is 22.9 Å². The first kappa shape index (κ1) is 16.4. The standard InChI is InChI=1S/C17H17ClN4O2S/c18-11-3-5-12(6-4-11)19-17(24)22-8-7-13-14(9-22)25-16(20-13)21-15(23)10-1-2-10/h3-6,10H,1-2,7-9H2,(H,19,24)(H,20,21,23). The van der Waals surface area contributed by atoms with Gasteiger partial charge in [0.2, 0.25) is 5.91 Å². The highest BCUT2D eigenvalue weighted by atomic mass is 35.5. The lowest BCUT2D eigenvalue weighted by Crippen LogP contribution is -2.38. The number of nitrogens with zero attached hydrogens (tertiary/aromatic N) is 2. The molecule has 0 unspecified atom stereocenters. The van der Waals surface area contributed by atoms with Gasteiger partial charge < -0.3 is 15.5 Å². The highest BCUT2D eigenvalue weighted by Gasteiger charge is 2.31. The number of amides is 3. The van der Waals surface area contributed by atoms with Crippen LogP contribution in [0.2, 0.25) is 5.02 Å². The fourth-order valence-corrected chi connectivity index (χ4v) is 3.86. The minimum Gasteiger partial charge on any atom is -0.319 e. The van der Waals surface area contributed by atoms with Gasteiger partial charge in [0.15, 0.2) is 5.13 Å². The van der Waals surface area contributed by atoms with Gasteiger partial charge in [-0.15, -0.1) is 0 Å². The number of hydrogen-bond donors (Lipinski definition) is 2. The summed E-state index contributed by atoms with van der Waals surface area (Å²) in [5, 5.41) is 7.03. The van der Waals surface area contributed by atoms with Crippen LogP contribution in [-0.4, -0.2) is 28.4 Å². The first-order chi connectivity index (χ1) is 12.1. The lowest BCUT2D eigenvalue weighted by Gasteiger charge is -2.26. The van der Waals surface area contributed by atoms with E-state index in [1.165, 1.54) is 11.3 Å². The van der Waals surface area contributed by atoms with Crippen molar-refractivity contribution in [3.8, 4) is 0 Å². The van der Waals surface area contributed by atoms with Crippen LogP contribution in [0.4, 0.5) is 15.6 Å². The zero-order valence-electron chi connectivity index (χ0n) is 13.4. The van der Waals surface area contributed by atoms with Gasteiger partial charge in [0.1, 0.15) is 0 Å². The summed E-state index contributed by atoms with van der Waals surface area (Å²) in [5.41, 5.74) is 1.69. The molecule has 8 heteroatoms. The van der Waals surface area contributed by atoms with E-state index in [4.69, 9.17) is 11.6 Å². The second-order valence-electron chi connectivity index (χ2n) is 6.26. The number of thiazole rings is 1. The van der Waals surface area contributed by atoms with Crippen LogP contribution >= 0.6 is 22.9 Å². The molecule has 2 heterocycles. The molecule has 1 aromatic heterocycles. The van der Waals surface area contributed by atoms with E-state index in [1.807, 2.05) is 0 Å². The SMILES string of the molecule is O=C(Nc1nc2c(s1)CN(C(=O)Nc1ccc(Cl)cc1)CC2)C1CC1. The Morgan fingerprint density at radius 2 is 1.96 bits per heavy atom. The Hall–Kier alpha value is -2.12. The van der Waals surface area contributed by atoms with Crippen molar-refractivity contribution in [1.29, 1.82) is 0 Å². The molecular weight excluding hydrogens is 360 g/mol. The fraction of sp³-hybridized carbons (Fsp3) is 0.353. The van der Waals surface area contributed by atoms with Gasteiger partial charge >= 0.3 is 6.03 Å². The number of rotatable bonds is 3. The van der Waals surface area contributed by atoms with Crippen molar-refractivity contribution < 1.29 is 9.59 Å². The summed E-state index contributed by atoms with van der Waals surface area (Å²) >= 11 is 7.31. The summed E-state index contributed by atoms with van der Waals surface area (Å²) < 4.78 is 0. The molecule has 0 spiro atoms. The molecule has 1 saturated carbocycles. The molecule has 6 nitrogen and oxygen atoms in total. The minimum absolute atomic E-state index is 0.0587. The monoisotopic (exact) mass is 376 g/mol. The van der Waals surface area contributed by atoms with Gasteiger partial charge in [0.05, 0.1) is 12.2 Å². The zero-order chi connectivity index (χ0) is 17.4. The second-order valence-corrected chi connectivity index (χ2v) is 7.78. The molecule has 25 heavy (non-hydrogen) atoms. The maximum absolute atomic E-state index is 12.4. The Bertz CT molecular complexity index is 817. The van der Waals surface area contributed by atoms with Crippen LogP contribution in [-0.2, 0) is 17.8 Å². The number of halogens is 1. The summed E-state index contributed by atoms with van der Waals surface area (Å²) in [6.45, 7) is 1.11. The normalized spacial score (nSPS) is 16.3. The Labute approximate surface area is 154 Å². The lowest BCUT2D eigenvalue weighted by molar-refractivity contribution is -0.117. The maximum atomic E-state index is 12.4. The van der Waals surface area contributed by atoms with Crippen molar-refractivity contribution in [2.24, 2.45) is 5.92 Å². The first-order valence-electron chi connectivity index (χ1n) is 8.19. The molecule has 1 aliphatic heterocycles. The van der Waals surface area contributed by atoms with Crippen molar-refractivity contribution in [2.75, 3.05) is 17.2 Å². The largest absolute Gasteiger partial charge is 0.322 e. The average molecular weight is 377 g/mol. The molecule has 130 valence electrons. The number of benzene rings is 1. The lowest BCUT2D eigenvalue weighted by atomic mass is 10.2. The third-order valence-electron chi connectivity index (χ3n) is 4.29. The zero-order valence-corrected chi connectivity index (χ0v) is 15.0. The highest BCUT2D eigenvalue weighted by Crippen LogP contribution is 2.33. The van der Waals surface area contributed by atoms with Crippen LogP contribution in [0.1, 0.15) is 23.4 Å². The van der Waals surface area contributed by atoms with Gasteiger partial charge in [-0.3, -0.25) is 4.79 Å². The van der Waals surface area contributed by atoms with E-state index in [2.05, 4.69) is 15.6 Å². The third kappa shape index (κ3) is 3.77. The number of carbonyl (C=O) groups excluding carboxylic acids is 2. The van der Waals surface area contributed by atoms with Crippen molar-refractivity contribution in [3.05, 3.63) is 39.9 Å². The quantitative estimate of drug-likeness (QED) is 0.857. The van der Waals surface area contributed by atoms with Gasteiger partial charge in [-0.05, 0) is 37.1 Å². The number of anilines is 2. The van der Waals surface area contributed by atoms with Crippen LogP contribution < -0.4 is 10.6 Å². The smallest absolute Gasteiger partial charge is 0.319 e. The van der Waals surface area contributed by atoms with E-state index in [9.17, 15) is 9.59 Å². The van der Waals surface area contributed by atoms with E-state index in [1.54, 1.807) is 29.2 Å². The van der Waals surface area contributed by atoms with Crippen molar-refractivity contribution in [3.63, 3.8) is 0 Å². The summed E-state index contributed by atoms with van der Waals surface area (Å²) in [6, 6.07) is 6.87.